The summed E-state index contributed by atoms with van der Waals surface area (Å²) in [7, 11) is 2.21. The average Bonchev–Trinajstić information content (AvgIpc) is 3.88. The second-order valence-electron chi connectivity index (χ2n) is 12.7. The van der Waals surface area contributed by atoms with Gasteiger partial charge in [0.05, 0.1) is 16.9 Å². The molecule has 41 heavy (non-hydrogen) atoms. The van der Waals surface area contributed by atoms with Gasteiger partial charge >= 0.3 is 0 Å². The summed E-state index contributed by atoms with van der Waals surface area (Å²) in [5.41, 5.74) is 12.3. The third-order valence-electron chi connectivity index (χ3n) is 9.55. The Hall–Kier alpha value is -3.55. The zero-order chi connectivity index (χ0) is 27.7. The zero-order valence-corrected chi connectivity index (χ0v) is 24.4. The van der Waals surface area contributed by atoms with Gasteiger partial charge in [-0.05, 0) is 73.7 Å². The van der Waals surface area contributed by atoms with Gasteiger partial charge in [-0.3, -0.25) is 9.98 Å². The molecule has 7 heteroatoms. The molecule has 2 aliphatic heterocycles. The SMILES string of the molecule is CCNCc1cncc(C2=C[C@H](C)C=C3C(=C2)C(c2nc4c([nH]2)C2CC2=CC=C4N2CCN(C)CC2)=NC32CC2)c1. The summed E-state index contributed by atoms with van der Waals surface area (Å²) in [6, 6.07) is 2.28. The number of piperazine rings is 1. The molecule has 0 radical (unpaired) electrons. The number of rotatable bonds is 6. The van der Waals surface area contributed by atoms with E-state index in [2.05, 4.69) is 82.4 Å². The van der Waals surface area contributed by atoms with Crippen molar-refractivity contribution in [2.24, 2.45) is 10.9 Å². The number of hydrogen-bond acceptors (Lipinski definition) is 6. The fourth-order valence-electron chi connectivity index (χ4n) is 6.93. The highest BCUT2D eigenvalue weighted by molar-refractivity contribution is 6.18. The molecule has 2 aromatic rings. The Kier molecular flexibility index (Phi) is 5.83. The fraction of sp³-hybridized carbons (Fsp3) is 0.441. The van der Waals surface area contributed by atoms with Gasteiger partial charge in [-0.1, -0.05) is 37.6 Å². The largest absolute Gasteiger partial charge is 0.367 e. The van der Waals surface area contributed by atoms with Crippen molar-refractivity contribution < 1.29 is 0 Å². The molecule has 0 aromatic carbocycles. The van der Waals surface area contributed by atoms with Gasteiger partial charge < -0.3 is 20.1 Å². The molecule has 1 saturated heterocycles. The minimum Gasteiger partial charge on any atom is -0.367 e. The van der Waals surface area contributed by atoms with Crippen LogP contribution in [0, 0.1) is 5.92 Å². The van der Waals surface area contributed by atoms with Crippen LogP contribution in [-0.4, -0.2) is 75.8 Å². The third kappa shape index (κ3) is 4.37. The van der Waals surface area contributed by atoms with Gasteiger partial charge in [0.1, 0.15) is 11.4 Å². The minimum absolute atomic E-state index is 0.0746. The lowest BCUT2D eigenvalue weighted by atomic mass is 9.94. The van der Waals surface area contributed by atoms with Gasteiger partial charge in [0.15, 0.2) is 5.82 Å². The highest BCUT2D eigenvalue weighted by Crippen LogP contribution is 2.56. The molecule has 8 rings (SSSR count). The Morgan fingerprint density at radius 2 is 1.95 bits per heavy atom. The van der Waals surface area contributed by atoms with Crippen LogP contribution in [0.4, 0.5) is 0 Å². The Labute approximate surface area is 242 Å². The maximum Gasteiger partial charge on any atom is 0.157 e. The average molecular weight is 546 g/mol. The molecule has 0 amide bonds. The molecule has 1 unspecified atom stereocenters. The summed E-state index contributed by atoms with van der Waals surface area (Å²) in [5, 5.41) is 3.43. The number of allylic oxidation sites excluding steroid dienone is 7. The molecule has 4 aliphatic carbocycles. The number of imidazole rings is 1. The van der Waals surface area contributed by atoms with Crippen molar-refractivity contribution in [1.82, 2.24) is 30.1 Å². The van der Waals surface area contributed by atoms with Gasteiger partial charge in [0.2, 0.25) is 0 Å². The van der Waals surface area contributed by atoms with Gasteiger partial charge in [0, 0.05) is 62.2 Å². The van der Waals surface area contributed by atoms with E-state index >= 15 is 0 Å². The zero-order valence-electron chi connectivity index (χ0n) is 24.4. The lowest BCUT2D eigenvalue weighted by Crippen LogP contribution is -2.43. The first-order chi connectivity index (χ1) is 20.0. The van der Waals surface area contributed by atoms with Crippen LogP contribution < -0.4 is 5.32 Å². The van der Waals surface area contributed by atoms with E-state index in [-0.39, 0.29) is 5.54 Å². The number of hydrogen-bond donors (Lipinski definition) is 2. The molecule has 6 aliphatic rings. The van der Waals surface area contributed by atoms with Crippen molar-refractivity contribution in [3.63, 3.8) is 0 Å². The van der Waals surface area contributed by atoms with Crippen LogP contribution in [0.25, 0.3) is 11.3 Å². The highest BCUT2D eigenvalue weighted by Gasteiger charge is 2.53. The lowest BCUT2D eigenvalue weighted by molar-refractivity contribution is 0.207. The van der Waals surface area contributed by atoms with Crippen molar-refractivity contribution in [2.45, 2.75) is 51.1 Å². The number of nitrogens with one attached hydrogen (secondary N) is 2. The molecule has 2 atom stereocenters. The normalized spacial score (nSPS) is 26.0. The van der Waals surface area contributed by atoms with Crippen LogP contribution in [0.15, 0.2) is 70.6 Å². The third-order valence-corrected chi connectivity index (χ3v) is 9.55. The topological polar surface area (TPSA) is 72.4 Å². The van der Waals surface area contributed by atoms with E-state index in [4.69, 9.17) is 9.98 Å². The predicted octanol–water partition coefficient (Wildman–Crippen LogP) is 4.85. The number of H-pyrrole nitrogens is 1. The van der Waals surface area contributed by atoms with Gasteiger partial charge in [-0.2, -0.15) is 0 Å². The molecule has 2 aromatic heterocycles. The van der Waals surface area contributed by atoms with Crippen LogP contribution >= 0.6 is 0 Å². The maximum absolute atomic E-state index is 5.44. The first-order valence-electron chi connectivity index (χ1n) is 15.4. The Bertz CT molecular complexity index is 1600. The molecular weight excluding hydrogens is 506 g/mol. The predicted molar refractivity (Wildman–Crippen MR) is 165 cm³/mol. The van der Waals surface area contributed by atoms with E-state index < -0.39 is 0 Å². The van der Waals surface area contributed by atoms with Gasteiger partial charge in [0.25, 0.3) is 0 Å². The van der Waals surface area contributed by atoms with Crippen LogP contribution in [0.3, 0.4) is 0 Å². The molecule has 7 nitrogen and oxygen atoms in total. The Balaban J connectivity index is 1.19. The molecule has 1 spiro atoms. The van der Waals surface area contributed by atoms with Crippen LogP contribution in [0.1, 0.15) is 67.4 Å². The van der Waals surface area contributed by atoms with E-state index in [1.165, 1.54) is 39.2 Å². The smallest absolute Gasteiger partial charge is 0.157 e. The fourth-order valence-corrected chi connectivity index (χ4v) is 6.93. The number of pyridine rings is 1. The van der Waals surface area contributed by atoms with Crippen molar-refractivity contribution in [3.05, 3.63) is 93.9 Å². The number of fused-ring (bicyclic) bond motifs is 5. The number of likely N-dealkylation sites (N-methyl/N-ethyl adjacent to an activating group) is 1. The van der Waals surface area contributed by atoms with E-state index in [0.29, 0.717) is 11.8 Å². The van der Waals surface area contributed by atoms with Crippen molar-refractivity contribution >= 4 is 17.0 Å². The number of nitrogens with zero attached hydrogens (tertiary/aromatic N) is 5. The summed E-state index contributed by atoms with van der Waals surface area (Å²) in [6.45, 7) is 10.4. The number of aromatic amines is 1. The van der Waals surface area contributed by atoms with Crippen molar-refractivity contribution in [2.75, 3.05) is 39.8 Å². The number of aromatic nitrogens is 3. The van der Waals surface area contributed by atoms with E-state index in [1.54, 1.807) is 0 Å². The minimum atomic E-state index is -0.0746. The van der Waals surface area contributed by atoms with Crippen molar-refractivity contribution in [3.8, 4) is 0 Å². The van der Waals surface area contributed by atoms with Gasteiger partial charge in [-0.15, -0.1) is 0 Å². The molecule has 3 fully saturated rings. The quantitative estimate of drug-likeness (QED) is 0.543. The van der Waals surface area contributed by atoms with Crippen molar-refractivity contribution in [1.29, 1.82) is 0 Å². The van der Waals surface area contributed by atoms with Crippen LogP contribution in [0.2, 0.25) is 0 Å². The molecule has 2 saturated carbocycles. The molecule has 210 valence electrons. The van der Waals surface area contributed by atoms with Crippen LogP contribution in [0.5, 0.6) is 0 Å². The Morgan fingerprint density at radius 3 is 2.76 bits per heavy atom. The molecule has 4 heterocycles. The lowest BCUT2D eigenvalue weighted by Gasteiger charge is -2.35. The maximum atomic E-state index is 5.44. The summed E-state index contributed by atoms with van der Waals surface area (Å²) in [6.07, 6.45) is 19.2. The van der Waals surface area contributed by atoms with E-state index in [9.17, 15) is 0 Å². The first kappa shape index (κ1) is 25.2. The summed E-state index contributed by atoms with van der Waals surface area (Å²) in [5.74, 6) is 1.71. The monoisotopic (exact) mass is 545 g/mol. The number of aliphatic imine (C=N–C) groups is 1. The van der Waals surface area contributed by atoms with E-state index in [0.717, 1.165) is 81.3 Å². The first-order valence-corrected chi connectivity index (χ1v) is 15.4. The molecule has 2 N–H and O–H groups in total. The second kappa shape index (κ2) is 9.50. The standard InChI is InChI=1S/C34H39N7/c1-4-35-18-22-15-25(20-36-19-22)24-13-21(2)14-28-27(17-24)31(39-34(28)7-8-34)33-37-30-26-16-23(26)5-6-29(32(30)38-33)41-11-9-40(3)10-12-41/h5-6,13-15,17,19-21,26,35H,4,7-12,16,18H2,1-3H3,(H,37,38)/t21-,26?/m0/s1. The second-order valence-corrected chi connectivity index (χ2v) is 12.7. The molecular formula is C34H39N7. The summed E-state index contributed by atoms with van der Waals surface area (Å²) < 4.78 is 0. The Morgan fingerprint density at radius 1 is 1.10 bits per heavy atom. The summed E-state index contributed by atoms with van der Waals surface area (Å²) >= 11 is 0. The molecule has 0 bridgehead atoms. The van der Waals surface area contributed by atoms with Gasteiger partial charge in [-0.25, -0.2) is 4.98 Å². The van der Waals surface area contributed by atoms with E-state index in [1.807, 2.05) is 12.4 Å². The highest BCUT2D eigenvalue weighted by atomic mass is 15.3. The van der Waals surface area contributed by atoms with Crippen LogP contribution in [-0.2, 0) is 6.54 Å². The summed E-state index contributed by atoms with van der Waals surface area (Å²) in [4.78, 5) is 24.2.